The van der Waals surface area contributed by atoms with Crippen molar-refractivity contribution < 1.29 is 0 Å². The van der Waals surface area contributed by atoms with Crippen molar-refractivity contribution >= 4 is 0 Å². The van der Waals surface area contributed by atoms with E-state index in [9.17, 15) is 4.91 Å². The second-order valence-electron chi connectivity index (χ2n) is 2.44. The van der Waals surface area contributed by atoms with Gasteiger partial charge in [0.05, 0.1) is 6.04 Å². The number of nitroso groups, excluding NO2 is 1. The van der Waals surface area contributed by atoms with Gasteiger partial charge in [-0.1, -0.05) is 29.0 Å². The first-order chi connectivity index (χ1) is 4.74. The topological polar surface area (TPSA) is 55.5 Å². The van der Waals surface area contributed by atoms with Crippen LogP contribution in [-0.2, 0) is 0 Å². The van der Waals surface area contributed by atoms with Crippen LogP contribution >= 0.6 is 0 Å². The lowest BCUT2D eigenvalue weighted by Gasteiger charge is -2.14. The summed E-state index contributed by atoms with van der Waals surface area (Å²) in [5.74, 6) is 0. The van der Waals surface area contributed by atoms with Crippen LogP contribution in [0.25, 0.3) is 0 Å². The van der Waals surface area contributed by atoms with Crippen LogP contribution < -0.4 is 5.73 Å². The van der Waals surface area contributed by atoms with E-state index in [-0.39, 0.29) is 12.1 Å². The Balaban J connectivity index is 2.76. The summed E-state index contributed by atoms with van der Waals surface area (Å²) in [7, 11) is 0. The lowest BCUT2D eigenvalue weighted by atomic mass is 10.0. The molecule has 3 heteroatoms. The van der Waals surface area contributed by atoms with E-state index in [0.29, 0.717) is 0 Å². The normalized spacial score (nSPS) is 31.6. The van der Waals surface area contributed by atoms with E-state index in [0.717, 1.165) is 5.57 Å². The SMILES string of the molecule is CC1=CC(N=O)C(N)C=C1. The fourth-order valence-corrected chi connectivity index (χ4v) is 0.913. The third-order valence-electron chi connectivity index (χ3n) is 1.53. The number of rotatable bonds is 1. The molecule has 0 amide bonds. The van der Waals surface area contributed by atoms with Crippen LogP contribution in [0.5, 0.6) is 0 Å². The van der Waals surface area contributed by atoms with E-state index in [2.05, 4.69) is 5.18 Å². The number of hydrogen-bond acceptors (Lipinski definition) is 3. The lowest BCUT2D eigenvalue weighted by molar-refractivity contribution is 0.691. The summed E-state index contributed by atoms with van der Waals surface area (Å²) >= 11 is 0. The van der Waals surface area contributed by atoms with Crippen molar-refractivity contribution in [2.24, 2.45) is 10.9 Å². The predicted octanol–water partition coefficient (Wildman–Crippen LogP) is 0.965. The van der Waals surface area contributed by atoms with E-state index in [1.807, 2.05) is 13.0 Å². The Morgan fingerprint density at radius 1 is 1.70 bits per heavy atom. The predicted molar refractivity (Wildman–Crippen MR) is 40.5 cm³/mol. The van der Waals surface area contributed by atoms with Crippen molar-refractivity contribution in [3.8, 4) is 0 Å². The number of allylic oxidation sites excluding steroid dienone is 2. The van der Waals surface area contributed by atoms with Crippen molar-refractivity contribution in [1.29, 1.82) is 0 Å². The van der Waals surface area contributed by atoms with Crippen molar-refractivity contribution in [2.75, 3.05) is 0 Å². The Morgan fingerprint density at radius 3 is 2.90 bits per heavy atom. The molecule has 0 saturated carbocycles. The molecule has 0 aromatic carbocycles. The Morgan fingerprint density at radius 2 is 2.40 bits per heavy atom. The van der Waals surface area contributed by atoms with E-state index >= 15 is 0 Å². The smallest absolute Gasteiger partial charge is 0.129 e. The maximum Gasteiger partial charge on any atom is 0.129 e. The molecule has 1 aliphatic carbocycles. The second kappa shape index (κ2) is 2.75. The molecule has 2 unspecified atom stereocenters. The molecular weight excluding hydrogens is 128 g/mol. The molecular formula is C7H10N2O. The van der Waals surface area contributed by atoms with Gasteiger partial charge in [0.2, 0.25) is 0 Å². The summed E-state index contributed by atoms with van der Waals surface area (Å²) in [5.41, 5.74) is 6.57. The van der Waals surface area contributed by atoms with Gasteiger partial charge < -0.3 is 5.73 Å². The average molecular weight is 138 g/mol. The summed E-state index contributed by atoms with van der Waals surface area (Å²) in [6.45, 7) is 1.92. The monoisotopic (exact) mass is 138 g/mol. The van der Waals surface area contributed by atoms with Gasteiger partial charge in [-0.05, 0) is 6.92 Å². The van der Waals surface area contributed by atoms with Crippen LogP contribution in [0.1, 0.15) is 6.92 Å². The molecule has 10 heavy (non-hydrogen) atoms. The third kappa shape index (κ3) is 1.30. The van der Waals surface area contributed by atoms with Gasteiger partial charge in [-0.15, -0.1) is 0 Å². The van der Waals surface area contributed by atoms with Crippen LogP contribution in [0.15, 0.2) is 29.0 Å². The summed E-state index contributed by atoms with van der Waals surface area (Å²) in [6.07, 6.45) is 5.46. The van der Waals surface area contributed by atoms with Crippen LogP contribution in [0.2, 0.25) is 0 Å². The first kappa shape index (κ1) is 7.15. The Labute approximate surface area is 59.6 Å². The van der Waals surface area contributed by atoms with Gasteiger partial charge >= 0.3 is 0 Å². The van der Waals surface area contributed by atoms with Crippen molar-refractivity contribution in [3.63, 3.8) is 0 Å². The Hall–Kier alpha value is -0.960. The highest BCUT2D eigenvalue weighted by atomic mass is 16.3. The molecule has 3 nitrogen and oxygen atoms in total. The molecule has 0 radical (unpaired) electrons. The zero-order valence-corrected chi connectivity index (χ0v) is 5.82. The van der Waals surface area contributed by atoms with Gasteiger partial charge in [0.15, 0.2) is 0 Å². The van der Waals surface area contributed by atoms with Gasteiger partial charge in [0.1, 0.15) is 6.04 Å². The summed E-state index contributed by atoms with van der Waals surface area (Å²) < 4.78 is 0. The molecule has 0 saturated heterocycles. The molecule has 0 bridgehead atoms. The quantitative estimate of drug-likeness (QED) is 0.549. The van der Waals surface area contributed by atoms with Crippen LogP contribution in [0.3, 0.4) is 0 Å². The standard InChI is InChI=1S/C7H10N2O/c1-5-2-3-6(8)7(4-5)9-10/h2-4,6-7H,8H2,1H3. The first-order valence-electron chi connectivity index (χ1n) is 3.18. The van der Waals surface area contributed by atoms with Gasteiger partial charge in [0, 0.05) is 0 Å². The molecule has 1 aliphatic rings. The maximum absolute atomic E-state index is 10.1. The summed E-state index contributed by atoms with van der Waals surface area (Å²) in [5, 5.41) is 2.88. The van der Waals surface area contributed by atoms with Gasteiger partial charge in [-0.25, -0.2) is 0 Å². The lowest BCUT2D eigenvalue weighted by Crippen LogP contribution is -2.31. The molecule has 0 heterocycles. The molecule has 54 valence electrons. The van der Waals surface area contributed by atoms with Crippen molar-refractivity contribution in [1.82, 2.24) is 0 Å². The minimum atomic E-state index is -0.370. The Kier molecular flexibility index (Phi) is 1.97. The molecule has 0 aromatic rings. The number of hydrogen-bond donors (Lipinski definition) is 1. The van der Waals surface area contributed by atoms with E-state index < -0.39 is 0 Å². The zero-order valence-electron chi connectivity index (χ0n) is 5.82. The fraction of sp³-hybridized carbons (Fsp3) is 0.429. The third-order valence-corrected chi connectivity index (χ3v) is 1.53. The van der Waals surface area contributed by atoms with Gasteiger partial charge in [-0.2, -0.15) is 4.91 Å². The molecule has 2 atom stereocenters. The number of nitrogens with two attached hydrogens (primary N) is 1. The van der Waals surface area contributed by atoms with Crippen LogP contribution in [0.4, 0.5) is 0 Å². The van der Waals surface area contributed by atoms with Crippen molar-refractivity contribution in [3.05, 3.63) is 28.7 Å². The van der Waals surface area contributed by atoms with Gasteiger partial charge in [-0.3, -0.25) is 0 Å². The summed E-state index contributed by atoms with van der Waals surface area (Å²) in [4.78, 5) is 10.1. The largest absolute Gasteiger partial charge is 0.322 e. The highest BCUT2D eigenvalue weighted by molar-refractivity contribution is 5.27. The minimum absolute atomic E-state index is 0.235. The highest BCUT2D eigenvalue weighted by Crippen LogP contribution is 2.11. The van der Waals surface area contributed by atoms with Crippen LogP contribution in [-0.4, -0.2) is 12.1 Å². The molecule has 0 aromatic heterocycles. The minimum Gasteiger partial charge on any atom is -0.322 e. The summed E-state index contributed by atoms with van der Waals surface area (Å²) in [6, 6.07) is -0.605. The number of nitrogens with zero attached hydrogens (tertiary/aromatic N) is 1. The molecule has 0 spiro atoms. The molecule has 2 N–H and O–H groups in total. The van der Waals surface area contributed by atoms with Crippen molar-refractivity contribution in [2.45, 2.75) is 19.0 Å². The van der Waals surface area contributed by atoms with E-state index in [1.165, 1.54) is 0 Å². The van der Waals surface area contributed by atoms with Crippen LogP contribution in [0, 0.1) is 4.91 Å². The van der Waals surface area contributed by atoms with E-state index in [4.69, 9.17) is 5.73 Å². The first-order valence-corrected chi connectivity index (χ1v) is 3.18. The maximum atomic E-state index is 10.1. The van der Waals surface area contributed by atoms with E-state index in [1.54, 1.807) is 12.2 Å². The zero-order chi connectivity index (χ0) is 7.56. The molecule has 0 aliphatic heterocycles. The average Bonchev–Trinajstić information content (AvgIpc) is 1.94. The second-order valence-corrected chi connectivity index (χ2v) is 2.44. The molecule has 1 rings (SSSR count). The van der Waals surface area contributed by atoms with Gasteiger partial charge in [0.25, 0.3) is 0 Å². The molecule has 0 fully saturated rings. The Bertz CT molecular complexity index is 196. The fourth-order valence-electron chi connectivity index (χ4n) is 0.913. The highest BCUT2D eigenvalue weighted by Gasteiger charge is 2.15.